The molecule has 0 bridgehead atoms. The number of hydrogen-bond acceptors (Lipinski definition) is 12. The summed E-state index contributed by atoms with van der Waals surface area (Å²) in [5.41, 5.74) is 4.09. The van der Waals surface area contributed by atoms with Crippen molar-refractivity contribution >= 4 is 45.3 Å². The Morgan fingerprint density at radius 3 is 0.734 bits per heavy atom. The first kappa shape index (κ1) is 75.4. The number of ether oxygens (including phenoxy) is 8. The van der Waals surface area contributed by atoms with Crippen LogP contribution in [0, 0.1) is 13.8 Å². The summed E-state index contributed by atoms with van der Waals surface area (Å²) in [6.07, 6.45) is 51.1. The molecule has 0 N–H and O–H groups in total. The van der Waals surface area contributed by atoms with Crippen LogP contribution in [0.15, 0.2) is 48.5 Å². The minimum absolute atomic E-state index is 0.445. The molecule has 12 heteroatoms. The van der Waals surface area contributed by atoms with Crippen molar-refractivity contribution in [1.82, 2.24) is 0 Å². The standard InChI is InChI=1S/C82H122O8S4/c1-7-11-15-19-23-27-31-35-39-43-51-83-69-61-67(71(59-65(69)73-49-47-63(5)91-73)85-53-45-41-37-33-29-25-21-17-13-9-3)79-75-77(89-57-55-87-75)81(93-79)82-78-76(88-56-58-90-78)80(94-82)68-62-70(84-52-44-40-36-32-28-24-20-16-12-8-2)66(74-50-48-64(6)92-74)60-72(68)86-54-46-42-38-34-30-26-22-18-14-10-4/h47-50,59-62H,7-46,51-58H2,1-6H3. The quantitative estimate of drug-likeness (QED) is 0.0350. The molecule has 0 unspecified atom stereocenters. The first-order chi connectivity index (χ1) is 46.4. The van der Waals surface area contributed by atoms with Crippen molar-refractivity contribution in [2.75, 3.05) is 52.9 Å². The molecule has 94 heavy (non-hydrogen) atoms. The molecule has 2 aromatic carbocycles. The van der Waals surface area contributed by atoms with Gasteiger partial charge in [0, 0.05) is 41.8 Å². The Balaban J connectivity index is 1.12. The molecule has 522 valence electrons. The number of hydrogen-bond donors (Lipinski definition) is 0. The SMILES string of the molecule is CCCCCCCCCCCCOc1cc(-c2sc(-c3sc(-c4cc(OCCCCCCCCCCCC)c(-c5ccc(C)s5)cc4OCCCCCCCCCCCC)c4c3OCCO4)c3c2OCCO3)c(OCCCCCCCCCCCC)cc1-c1ccc(C)s1. The van der Waals surface area contributed by atoms with Gasteiger partial charge in [0.15, 0.2) is 23.0 Å². The van der Waals surface area contributed by atoms with E-state index in [0.29, 0.717) is 52.9 Å². The molecule has 6 aromatic rings. The number of unbranched alkanes of at least 4 members (excludes halogenated alkanes) is 36. The lowest BCUT2D eigenvalue weighted by Gasteiger charge is -2.20. The maximum atomic E-state index is 7.07. The lowest BCUT2D eigenvalue weighted by Crippen LogP contribution is -2.15. The molecule has 0 amide bonds. The first-order valence-corrected chi connectivity index (χ1v) is 41.6. The van der Waals surface area contributed by atoms with Gasteiger partial charge >= 0.3 is 0 Å². The van der Waals surface area contributed by atoms with Crippen LogP contribution in [0.25, 0.3) is 51.5 Å². The van der Waals surface area contributed by atoms with E-state index >= 15 is 0 Å². The predicted octanol–water partition coefficient (Wildman–Crippen LogP) is 27.6. The van der Waals surface area contributed by atoms with Gasteiger partial charge in [-0.15, -0.1) is 45.3 Å². The summed E-state index contributed by atoms with van der Waals surface area (Å²) in [6.45, 7) is 17.9. The van der Waals surface area contributed by atoms with Gasteiger partial charge in [0.05, 0.1) is 45.9 Å². The third-order valence-corrected chi connectivity index (χ3v) is 23.3. The molecule has 0 aliphatic carbocycles. The van der Waals surface area contributed by atoms with Crippen molar-refractivity contribution in [3.8, 4) is 97.5 Å². The van der Waals surface area contributed by atoms with Crippen LogP contribution in [0.3, 0.4) is 0 Å². The monoisotopic (exact) mass is 1360 g/mol. The Kier molecular flexibility index (Phi) is 35.7. The van der Waals surface area contributed by atoms with Crippen LogP contribution in [0.5, 0.6) is 46.0 Å². The van der Waals surface area contributed by atoms with Crippen molar-refractivity contribution in [1.29, 1.82) is 0 Å². The number of benzene rings is 2. The average molecular weight is 1360 g/mol. The van der Waals surface area contributed by atoms with E-state index in [0.717, 1.165) is 126 Å². The smallest absolute Gasteiger partial charge is 0.181 e. The van der Waals surface area contributed by atoms with Gasteiger partial charge in [-0.2, -0.15) is 0 Å². The van der Waals surface area contributed by atoms with Crippen molar-refractivity contribution < 1.29 is 37.9 Å². The molecule has 4 aromatic heterocycles. The van der Waals surface area contributed by atoms with Gasteiger partial charge in [0.1, 0.15) is 49.4 Å². The Hall–Kier alpha value is -4.36. The van der Waals surface area contributed by atoms with Crippen LogP contribution < -0.4 is 37.9 Å². The lowest BCUT2D eigenvalue weighted by atomic mass is 10.0. The topological polar surface area (TPSA) is 73.8 Å². The Labute approximate surface area is 586 Å². The molecule has 8 nitrogen and oxygen atoms in total. The summed E-state index contributed by atoms with van der Waals surface area (Å²) in [7, 11) is 0. The highest BCUT2D eigenvalue weighted by Crippen LogP contribution is 2.63. The zero-order valence-electron chi connectivity index (χ0n) is 59.5. The van der Waals surface area contributed by atoms with E-state index in [1.807, 2.05) is 22.7 Å². The van der Waals surface area contributed by atoms with E-state index < -0.39 is 0 Å². The van der Waals surface area contributed by atoms with Gasteiger partial charge in [0.2, 0.25) is 0 Å². The molecule has 6 heterocycles. The van der Waals surface area contributed by atoms with Crippen molar-refractivity contribution in [2.24, 2.45) is 0 Å². The summed E-state index contributed by atoms with van der Waals surface area (Å²) < 4.78 is 55.4. The van der Waals surface area contributed by atoms with Crippen molar-refractivity contribution in [3.05, 3.63) is 58.3 Å². The number of fused-ring (bicyclic) bond motifs is 2. The fraction of sp³-hybridized carbons (Fsp3) is 0.659. The second-order valence-electron chi connectivity index (χ2n) is 26.9. The Morgan fingerprint density at radius 1 is 0.266 bits per heavy atom. The Morgan fingerprint density at radius 2 is 0.489 bits per heavy atom. The van der Waals surface area contributed by atoms with Crippen molar-refractivity contribution in [2.45, 2.75) is 298 Å². The molecular weight excluding hydrogens is 1240 g/mol. The third kappa shape index (κ3) is 24.6. The highest BCUT2D eigenvalue weighted by molar-refractivity contribution is 7.26. The minimum Gasteiger partial charge on any atom is -0.493 e. The maximum absolute atomic E-state index is 7.07. The van der Waals surface area contributed by atoms with Gasteiger partial charge in [-0.1, -0.05) is 259 Å². The number of thiophene rings is 4. The molecule has 0 spiro atoms. The second-order valence-corrected chi connectivity index (χ2v) is 31.5. The van der Waals surface area contributed by atoms with E-state index in [1.54, 1.807) is 22.7 Å². The second kappa shape index (κ2) is 44.5. The third-order valence-electron chi connectivity index (χ3n) is 18.7. The predicted molar refractivity (Wildman–Crippen MR) is 406 cm³/mol. The zero-order chi connectivity index (χ0) is 65.6. The average Bonchev–Trinajstić information content (AvgIpc) is 1.57. The molecule has 2 aliphatic heterocycles. The van der Waals surface area contributed by atoms with Gasteiger partial charge in [0.25, 0.3) is 0 Å². The van der Waals surface area contributed by atoms with Crippen LogP contribution in [-0.2, 0) is 0 Å². The molecule has 8 rings (SSSR count). The highest BCUT2D eigenvalue weighted by Gasteiger charge is 2.36. The number of aryl methyl sites for hydroxylation is 2. The summed E-state index contributed by atoms with van der Waals surface area (Å²) in [5, 5.41) is 0. The van der Waals surface area contributed by atoms with E-state index in [-0.39, 0.29) is 0 Å². The molecule has 0 atom stereocenters. The first-order valence-electron chi connectivity index (χ1n) is 38.3. The lowest BCUT2D eigenvalue weighted by molar-refractivity contribution is 0.172. The van der Waals surface area contributed by atoms with Crippen LogP contribution in [0.4, 0.5) is 0 Å². The van der Waals surface area contributed by atoms with Crippen molar-refractivity contribution in [3.63, 3.8) is 0 Å². The fourth-order valence-electron chi connectivity index (χ4n) is 13.1. The van der Waals surface area contributed by atoms with Crippen LogP contribution >= 0.6 is 45.3 Å². The van der Waals surface area contributed by atoms with E-state index in [4.69, 9.17) is 37.9 Å². The molecule has 0 saturated carbocycles. The summed E-state index contributed by atoms with van der Waals surface area (Å²) in [4.78, 5) is 8.79. The summed E-state index contributed by atoms with van der Waals surface area (Å²) in [6, 6.07) is 18.0. The van der Waals surface area contributed by atoms with Gasteiger partial charge in [-0.25, -0.2) is 0 Å². The fourth-order valence-corrected chi connectivity index (χ4v) is 17.5. The minimum atomic E-state index is 0.445. The molecule has 0 radical (unpaired) electrons. The van der Waals surface area contributed by atoms with E-state index in [9.17, 15) is 0 Å². The van der Waals surface area contributed by atoms with Crippen LogP contribution in [0.1, 0.15) is 294 Å². The maximum Gasteiger partial charge on any atom is 0.181 e. The van der Waals surface area contributed by atoms with Gasteiger partial charge in [-0.3, -0.25) is 0 Å². The molecule has 0 saturated heterocycles. The summed E-state index contributed by atoms with van der Waals surface area (Å²) in [5.74, 6) is 6.42. The van der Waals surface area contributed by atoms with Gasteiger partial charge in [-0.05, 0) is 88.1 Å². The molecule has 0 fully saturated rings. The molecule has 2 aliphatic rings. The van der Waals surface area contributed by atoms with E-state index in [2.05, 4.69) is 90.1 Å². The normalized spacial score (nSPS) is 12.7. The largest absolute Gasteiger partial charge is 0.493 e. The van der Waals surface area contributed by atoms with Gasteiger partial charge < -0.3 is 37.9 Å². The summed E-state index contributed by atoms with van der Waals surface area (Å²) >= 11 is 7.02. The Bertz CT molecular complexity index is 2820. The van der Waals surface area contributed by atoms with E-state index in [1.165, 1.54) is 238 Å². The van der Waals surface area contributed by atoms with Crippen LogP contribution in [-0.4, -0.2) is 52.9 Å². The number of rotatable bonds is 53. The van der Waals surface area contributed by atoms with Crippen LogP contribution in [0.2, 0.25) is 0 Å². The zero-order valence-corrected chi connectivity index (χ0v) is 62.7. The highest BCUT2D eigenvalue weighted by atomic mass is 32.1. The molecular formula is C82H122O8S4.